The van der Waals surface area contributed by atoms with Crippen molar-refractivity contribution < 1.29 is 23.4 Å². The lowest BCUT2D eigenvalue weighted by Crippen LogP contribution is -2.53. The van der Waals surface area contributed by atoms with Crippen LogP contribution in [-0.4, -0.2) is 30.3 Å². The van der Waals surface area contributed by atoms with Crippen molar-refractivity contribution in [3.8, 4) is 0 Å². The topological polar surface area (TPSA) is 58.6 Å². The summed E-state index contributed by atoms with van der Waals surface area (Å²) in [6.07, 6.45) is 3.60. The lowest BCUT2D eigenvalue weighted by Gasteiger charge is -2.47. The number of carbonyl (C=O) groups excluding carboxylic acids is 1. The fourth-order valence-corrected chi connectivity index (χ4v) is 6.18. The molecule has 0 aliphatic heterocycles. The average Bonchev–Trinajstić information content (AvgIpc) is 3.07. The minimum absolute atomic E-state index is 0.0636. The van der Waals surface area contributed by atoms with E-state index >= 15 is 0 Å². The van der Waals surface area contributed by atoms with Gasteiger partial charge in [0.15, 0.2) is 11.6 Å². The fourth-order valence-electron chi connectivity index (χ4n) is 5.99. The zero-order chi connectivity index (χ0) is 23.8. The maximum atomic E-state index is 14.3. The summed E-state index contributed by atoms with van der Waals surface area (Å²) in [6, 6.07) is 9.88. The van der Waals surface area contributed by atoms with Crippen LogP contribution < -0.4 is 5.32 Å². The van der Waals surface area contributed by atoms with Crippen molar-refractivity contribution in [3.63, 3.8) is 0 Å². The van der Waals surface area contributed by atoms with Crippen molar-refractivity contribution >= 4 is 23.3 Å². The van der Waals surface area contributed by atoms with Crippen molar-refractivity contribution in [1.82, 2.24) is 0 Å². The molecule has 33 heavy (non-hydrogen) atoms. The summed E-state index contributed by atoms with van der Waals surface area (Å²) in [5.74, 6) is -1.81. The van der Waals surface area contributed by atoms with Crippen LogP contribution in [0.5, 0.6) is 0 Å². The first kappa shape index (κ1) is 24.0. The Kier molecular flexibility index (Phi) is 6.70. The molecule has 4 nitrogen and oxygen atoms in total. The number of benzene rings is 2. The summed E-state index contributed by atoms with van der Waals surface area (Å²) in [7, 11) is 1.38. The van der Waals surface area contributed by atoms with Gasteiger partial charge in [-0.05, 0) is 97.2 Å². The van der Waals surface area contributed by atoms with Crippen molar-refractivity contribution in [3.05, 3.63) is 64.2 Å². The normalized spacial score (nSPS) is 27.3. The van der Waals surface area contributed by atoms with Crippen molar-refractivity contribution in [2.75, 3.05) is 19.0 Å². The number of ether oxygens (including phenoxy) is 1. The van der Waals surface area contributed by atoms with E-state index in [1.807, 2.05) is 19.1 Å². The van der Waals surface area contributed by atoms with Crippen LogP contribution in [0.15, 0.2) is 36.4 Å². The molecule has 2 aromatic rings. The van der Waals surface area contributed by atoms with Crippen LogP contribution in [0.4, 0.5) is 14.5 Å². The molecule has 0 heterocycles. The van der Waals surface area contributed by atoms with Gasteiger partial charge in [-0.3, -0.25) is 0 Å². The minimum atomic E-state index is -0.931. The molecule has 0 radical (unpaired) electrons. The number of hydrogen-bond acceptors (Lipinski definition) is 4. The Morgan fingerprint density at radius 3 is 2.55 bits per heavy atom. The molecule has 2 N–H and O–H groups in total. The van der Waals surface area contributed by atoms with Gasteiger partial charge in [-0.15, -0.1) is 0 Å². The van der Waals surface area contributed by atoms with E-state index in [0.29, 0.717) is 37.1 Å². The van der Waals surface area contributed by atoms with Crippen LogP contribution in [0.1, 0.15) is 50.2 Å². The molecule has 0 bridgehead atoms. The highest BCUT2D eigenvalue weighted by Gasteiger charge is 2.54. The predicted molar refractivity (Wildman–Crippen MR) is 124 cm³/mol. The molecule has 0 amide bonds. The van der Waals surface area contributed by atoms with Gasteiger partial charge in [0, 0.05) is 17.3 Å². The fraction of sp³-hybridized carbons (Fsp3) is 0.500. The lowest BCUT2D eigenvalue weighted by atomic mass is 9.59. The van der Waals surface area contributed by atoms with Crippen molar-refractivity contribution in [2.24, 2.45) is 11.8 Å². The first-order valence-electron chi connectivity index (χ1n) is 11.4. The van der Waals surface area contributed by atoms with E-state index in [1.165, 1.54) is 19.2 Å². The Labute approximate surface area is 198 Å². The largest absolute Gasteiger partial charge is 0.467 e. The molecule has 0 saturated heterocycles. The Morgan fingerprint density at radius 2 is 1.91 bits per heavy atom. The van der Waals surface area contributed by atoms with Gasteiger partial charge in [0.05, 0.1) is 7.11 Å². The second-order valence-corrected chi connectivity index (χ2v) is 10.1. The van der Waals surface area contributed by atoms with Crippen LogP contribution in [0.25, 0.3) is 0 Å². The molecule has 2 aliphatic carbocycles. The summed E-state index contributed by atoms with van der Waals surface area (Å²) in [6.45, 7) is 2.05. The van der Waals surface area contributed by atoms with Gasteiger partial charge in [0.1, 0.15) is 5.54 Å². The Bertz CT molecular complexity index is 1040. The molecular formula is C26H30ClF2NO3. The molecule has 178 valence electrons. The Morgan fingerprint density at radius 1 is 1.21 bits per heavy atom. The number of hydrogen-bond donors (Lipinski definition) is 2. The molecule has 0 unspecified atom stereocenters. The molecule has 7 heteroatoms. The van der Waals surface area contributed by atoms with E-state index in [2.05, 4.69) is 5.32 Å². The number of aliphatic hydroxyl groups excluding tert-OH is 1. The second-order valence-electron chi connectivity index (χ2n) is 9.71. The van der Waals surface area contributed by atoms with Crippen LogP contribution in [-0.2, 0) is 21.4 Å². The molecule has 4 rings (SSSR count). The highest BCUT2D eigenvalue weighted by atomic mass is 35.5. The number of fused-ring (bicyclic) bond motifs is 2. The minimum Gasteiger partial charge on any atom is -0.467 e. The first-order valence-corrected chi connectivity index (χ1v) is 11.8. The number of esters is 1. The molecular weight excluding hydrogens is 448 g/mol. The molecule has 0 aromatic heterocycles. The number of rotatable bonds is 6. The van der Waals surface area contributed by atoms with E-state index < -0.39 is 17.2 Å². The Hall–Kier alpha value is -2.18. The van der Waals surface area contributed by atoms with Gasteiger partial charge < -0.3 is 15.2 Å². The van der Waals surface area contributed by atoms with E-state index in [9.17, 15) is 18.7 Å². The molecule has 2 aliphatic rings. The summed E-state index contributed by atoms with van der Waals surface area (Å²) in [5, 5.41) is 13.6. The van der Waals surface area contributed by atoms with Crippen LogP contribution in [0, 0.1) is 23.5 Å². The number of halogens is 3. The molecule has 2 atom stereocenters. The smallest absolute Gasteiger partial charge is 0.331 e. The predicted octanol–water partition coefficient (Wildman–Crippen LogP) is 5.64. The number of carbonyl (C=O) groups is 1. The third-order valence-corrected chi connectivity index (χ3v) is 7.94. The summed E-state index contributed by atoms with van der Waals surface area (Å²) >= 11 is 6.14. The van der Waals surface area contributed by atoms with Crippen LogP contribution in [0.2, 0.25) is 5.02 Å². The quantitative estimate of drug-likeness (QED) is 0.528. The summed E-state index contributed by atoms with van der Waals surface area (Å²) < 4.78 is 33.5. The highest BCUT2D eigenvalue weighted by molar-refractivity contribution is 6.30. The van der Waals surface area contributed by atoms with Gasteiger partial charge in [-0.1, -0.05) is 24.6 Å². The third kappa shape index (κ3) is 4.35. The standard InChI is InChI=1S/C26H30ClF2NO3/c1-16(15-31)10-18-11-17-12-22(28)23(29)14-21(17)25(18)6-8-26(9-7-25,24(32)33-2)30-20-5-3-4-19(27)13-20/h3-5,12-14,16,18,30-31H,6-11,15H2,1-2H3/t16-,18-,25?,26?/m1/s1. The molecule has 1 saturated carbocycles. The lowest BCUT2D eigenvalue weighted by molar-refractivity contribution is -0.148. The number of nitrogens with one attached hydrogen (secondary N) is 1. The van der Waals surface area contributed by atoms with E-state index in [-0.39, 0.29) is 29.8 Å². The number of aliphatic hydroxyl groups is 1. The van der Waals surface area contributed by atoms with Gasteiger partial charge in [-0.2, -0.15) is 0 Å². The highest BCUT2D eigenvalue weighted by Crippen LogP contribution is 2.56. The van der Waals surface area contributed by atoms with Crippen molar-refractivity contribution in [1.29, 1.82) is 0 Å². The average molecular weight is 478 g/mol. The SMILES string of the molecule is COC(=O)C1(Nc2cccc(Cl)c2)CCC2(CC1)c1cc(F)c(F)cc1C[C@H]2C[C@@H](C)CO. The summed E-state index contributed by atoms with van der Waals surface area (Å²) in [4.78, 5) is 13.0. The second kappa shape index (κ2) is 9.22. The van der Waals surface area contributed by atoms with E-state index in [4.69, 9.17) is 16.3 Å². The third-order valence-electron chi connectivity index (χ3n) is 7.71. The van der Waals surface area contributed by atoms with Gasteiger partial charge in [0.2, 0.25) is 0 Å². The zero-order valence-corrected chi connectivity index (χ0v) is 19.7. The number of methoxy groups -OCH3 is 1. The van der Waals surface area contributed by atoms with Gasteiger partial charge >= 0.3 is 5.97 Å². The maximum absolute atomic E-state index is 14.3. The summed E-state index contributed by atoms with van der Waals surface area (Å²) in [5.41, 5.74) is 1.10. The van der Waals surface area contributed by atoms with Crippen LogP contribution in [0.3, 0.4) is 0 Å². The van der Waals surface area contributed by atoms with Crippen molar-refractivity contribution in [2.45, 2.75) is 56.4 Å². The molecule has 1 spiro atoms. The van der Waals surface area contributed by atoms with Gasteiger partial charge in [-0.25, -0.2) is 13.6 Å². The molecule has 1 fully saturated rings. The Balaban J connectivity index is 1.68. The van der Waals surface area contributed by atoms with E-state index in [0.717, 1.165) is 23.2 Å². The van der Waals surface area contributed by atoms with Gasteiger partial charge in [0.25, 0.3) is 0 Å². The monoisotopic (exact) mass is 477 g/mol. The zero-order valence-electron chi connectivity index (χ0n) is 19.0. The van der Waals surface area contributed by atoms with Crippen LogP contribution >= 0.6 is 11.6 Å². The number of anilines is 1. The molecule has 2 aromatic carbocycles. The maximum Gasteiger partial charge on any atom is 0.331 e. The first-order chi connectivity index (χ1) is 15.7. The van der Waals surface area contributed by atoms with E-state index in [1.54, 1.807) is 12.1 Å².